The van der Waals surface area contributed by atoms with Gasteiger partial charge in [0.1, 0.15) is 17.4 Å². The van der Waals surface area contributed by atoms with Crippen LogP contribution in [0.15, 0.2) is 84.6 Å². The van der Waals surface area contributed by atoms with Gasteiger partial charge in [0.15, 0.2) is 5.75 Å². The van der Waals surface area contributed by atoms with E-state index in [0.717, 1.165) is 37.4 Å². The lowest BCUT2D eigenvalue weighted by atomic mass is 9.86. The van der Waals surface area contributed by atoms with Gasteiger partial charge in [-0.05, 0) is 67.8 Å². The van der Waals surface area contributed by atoms with Crippen LogP contribution in [0.1, 0.15) is 18.4 Å². The number of anilines is 2. The van der Waals surface area contributed by atoms with Crippen molar-refractivity contribution in [1.82, 2.24) is 0 Å². The molecule has 3 aromatic carbocycles. The van der Waals surface area contributed by atoms with E-state index in [-0.39, 0.29) is 17.0 Å². The Morgan fingerprint density at radius 2 is 1.68 bits per heavy atom. The third-order valence-corrected chi connectivity index (χ3v) is 4.98. The first kappa shape index (κ1) is 20.7. The fourth-order valence-corrected chi connectivity index (χ4v) is 3.48. The average Bonchev–Trinajstić information content (AvgIpc) is 2.76. The molecule has 0 aromatic heterocycles. The molecule has 31 heavy (non-hydrogen) atoms. The Morgan fingerprint density at radius 3 is 2.32 bits per heavy atom. The lowest BCUT2D eigenvalue weighted by Gasteiger charge is -2.28. The van der Waals surface area contributed by atoms with Gasteiger partial charge in [-0.3, -0.25) is 0 Å². The minimum atomic E-state index is -0.722. The number of hydrogen-bond donors (Lipinski definition) is 1. The van der Waals surface area contributed by atoms with Crippen molar-refractivity contribution in [2.24, 2.45) is 0 Å². The third-order valence-electron chi connectivity index (χ3n) is 4.98. The predicted molar refractivity (Wildman–Crippen MR) is 120 cm³/mol. The Bertz CT molecular complexity index is 1120. The molecule has 0 unspecified atom stereocenters. The molecule has 0 fully saturated rings. The number of phenolic OH excluding ortho intramolecular Hbond substituents is 1. The second kappa shape index (κ2) is 9.08. The Morgan fingerprint density at radius 1 is 0.935 bits per heavy atom. The van der Waals surface area contributed by atoms with Crippen molar-refractivity contribution >= 4 is 24.3 Å². The van der Waals surface area contributed by atoms with Crippen molar-refractivity contribution in [1.29, 1.82) is 0 Å². The number of aromatic hydroxyl groups is 1. The summed E-state index contributed by atoms with van der Waals surface area (Å²) >= 11 is 0. The quantitative estimate of drug-likeness (QED) is 0.526. The van der Waals surface area contributed by atoms with E-state index in [2.05, 4.69) is 18.2 Å². The van der Waals surface area contributed by atoms with Gasteiger partial charge in [0.2, 0.25) is 0 Å². The van der Waals surface area contributed by atoms with Crippen LogP contribution in [0.25, 0.3) is 0 Å². The van der Waals surface area contributed by atoms with Crippen LogP contribution < -0.4 is 15.0 Å². The zero-order valence-electron chi connectivity index (χ0n) is 17.1. The minimum absolute atomic E-state index is 0.101. The van der Waals surface area contributed by atoms with Crippen LogP contribution in [0, 0.1) is 18.6 Å². The number of halogens is 2. The van der Waals surface area contributed by atoms with Crippen LogP contribution in [0.2, 0.25) is 0 Å². The van der Waals surface area contributed by atoms with Gasteiger partial charge >= 0.3 is 7.48 Å². The molecule has 0 heterocycles. The van der Waals surface area contributed by atoms with Crippen molar-refractivity contribution in [3.8, 4) is 11.5 Å². The number of benzene rings is 3. The molecular formula is C25H21BF2NO2. The van der Waals surface area contributed by atoms with Crippen molar-refractivity contribution < 1.29 is 18.5 Å². The molecule has 0 bridgehead atoms. The van der Waals surface area contributed by atoms with Gasteiger partial charge in [0.05, 0.1) is 5.69 Å². The maximum Gasteiger partial charge on any atom is 0.415 e. The summed E-state index contributed by atoms with van der Waals surface area (Å²) in [4.78, 5) is 2.03. The molecule has 1 radical (unpaired) electrons. The first-order valence-corrected chi connectivity index (χ1v) is 10.0. The third kappa shape index (κ3) is 4.63. The molecule has 6 heteroatoms. The molecule has 0 saturated carbocycles. The lowest BCUT2D eigenvalue weighted by molar-refractivity contribution is 0.444. The highest BCUT2D eigenvalue weighted by Gasteiger charge is 2.18. The highest BCUT2D eigenvalue weighted by atomic mass is 19.1. The topological polar surface area (TPSA) is 32.7 Å². The molecule has 4 rings (SSSR count). The molecule has 0 aliphatic heterocycles. The number of hydrogen-bond acceptors (Lipinski definition) is 3. The molecule has 0 amide bonds. The monoisotopic (exact) mass is 416 g/mol. The molecular weight excluding hydrogens is 395 g/mol. The Balaban J connectivity index is 1.61. The van der Waals surface area contributed by atoms with E-state index in [1.165, 1.54) is 12.1 Å². The molecule has 3 aromatic rings. The van der Waals surface area contributed by atoms with E-state index >= 15 is 0 Å². The van der Waals surface area contributed by atoms with Gasteiger partial charge in [-0.15, -0.1) is 0 Å². The summed E-state index contributed by atoms with van der Waals surface area (Å²) in [5, 5.41) is 10.5. The van der Waals surface area contributed by atoms with Gasteiger partial charge in [-0.2, -0.15) is 0 Å². The lowest BCUT2D eigenvalue weighted by Crippen LogP contribution is -2.27. The Kier molecular flexibility index (Phi) is 6.07. The van der Waals surface area contributed by atoms with Gasteiger partial charge in [0.25, 0.3) is 0 Å². The maximum absolute atomic E-state index is 14.0. The molecule has 0 saturated heterocycles. The van der Waals surface area contributed by atoms with E-state index in [1.54, 1.807) is 25.1 Å². The van der Waals surface area contributed by atoms with Gasteiger partial charge in [0, 0.05) is 22.9 Å². The highest BCUT2D eigenvalue weighted by Crippen LogP contribution is 2.37. The predicted octanol–water partition coefficient (Wildman–Crippen LogP) is 5.67. The van der Waals surface area contributed by atoms with E-state index < -0.39 is 11.6 Å². The molecule has 0 spiro atoms. The SMILES string of the molecule is Cc1cc(F)c([B]Oc2ccc(N(C3=CCCC=C3)c3ccccc3)cc2O)c(F)c1. The number of allylic oxidation sites excluding steroid dienone is 3. The van der Waals surface area contributed by atoms with Crippen LogP contribution in [-0.4, -0.2) is 12.6 Å². The molecule has 1 aliphatic rings. The molecule has 1 aliphatic carbocycles. The fraction of sp³-hybridized carbons (Fsp3) is 0.120. The summed E-state index contributed by atoms with van der Waals surface area (Å²) in [5.74, 6) is -1.48. The summed E-state index contributed by atoms with van der Waals surface area (Å²) < 4.78 is 33.5. The highest BCUT2D eigenvalue weighted by molar-refractivity contribution is 6.48. The molecule has 1 N–H and O–H groups in total. The smallest absolute Gasteiger partial charge is 0.415 e. The molecule has 155 valence electrons. The second-order valence-corrected chi connectivity index (χ2v) is 7.31. The van der Waals surface area contributed by atoms with Crippen molar-refractivity contribution in [3.05, 3.63) is 102 Å². The van der Waals surface area contributed by atoms with E-state index in [9.17, 15) is 13.9 Å². The zero-order valence-corrected chi connectivity index (χ0v) is 17.1. The summed E-state index contributed by atoms with van der Waals surface area (Å²) in [5.41, 5.74) is 2.87. The maximum atomic E-state index is 14.0. The summed E-state index contributed by atoms with van der Waals surface area (Å²) in [7, 11) is 0.972. The average molecular weight is 416 g/mol. The second-order valence-electron chi connectivity index (χ2n) is 7.31. The zero-order chi connectivity index (χ0) is 21.8. The number of nitrogens with zero attached hydrogens (tertiary/aromatic N) is 1. The van der Waals surface area contributed by atoms with Crippen LogP contribution in [0.3, 0.4) is 0 Å². The standard InChI is InChI=1S/C25H21BF2NO2/c1-17-14-21(27)25(22(28)15-17)26-31-24-13-12-20(16-23(24)30)29(18-8-4-2-5-9-18)19-10-6-3-7-11-19/h2,4-6,8-16,30H,3,7H2,1H3. The molecule has 3 nitrogen and oxygen atoms in total. The minimum Gasteiger partial charge on any atom is -0.555 e. The van der Waals surface area contributed by atoms with Crippen molar-refractivity contribution in [2.75, 3.05) is 4.90 Å². The first-order valence-electron chi connectivity index (χ1n) is 10.0. The summed E-state index contributed by atoms with van der Waals surface area (Å²) in [6.07, 6.45) is 8.24. The van der Waals surface area contributed by atoms with Crippen molar-refractivity contribution in [2.45, 2.75) is 19.8 Å². The fourth-order valence-electron chi connectivity index (χ4n) is 3.48. The van der Waals surface area contributed by atoms with Crippen LogP contribution >= 0.6 is 0 Å². The van der Waals surface area contributed by atoms with Crippen molar-refractivity contribution in [3.63, 3.8) is 0 Å². The van der Waals surface area contributed by atoms with E-state index in [0.29, 0.717) is 5.56 Å². The number of rotatable bonds is 6. The molecule has 0 atom stereocenters. The first-order chi connectivity index (χ1) is 15.0. The summed E-state index contributed by atoms with van der Waals surface area (Å²) in [6, 6.07) is 17.2. The number of phenols is 1. The Hall–Kier alpha value is -3.54. The normalized spacial score (nSPS) is 12.9. The van der Waals surface area contributed by atoms with Gasteiger partial charge in [-0.1, -0.05) is 30.4 Å². The van der Waals surface area contributed by atoms with Crippen LogP contribution in [0.5, 0.6) is 11.5 Å². The van der Waals surface area contributed by atoms with E-state index in [4.69, 9.17) is 4.65 Å². The number of para-hydroxylation sites is 1. The number of aryl methyl sites for hydroxylation is 1. The Labute approximate surface area is 181 Å². The van der Waals surface area contributed by atoms with Crippen LogP contribution in [0.4, 0.5) is 20.2 Å². The van der Waals surface area contributed by atoms with Crippen LogP contribution in [-0.2, 0) is 0 Å². The van der Waals surface area contributed by atoms with Gasteiger partial charge < -0.3 is 14.7 Å². The van der Waals surface area contributed by atoms with E-state index in [1.807, 2.05) is 35.2 Å². The largest absolute Gasteiger partial charge is 0.555 e. The van der Waals surface area contributed by atoms with Gasteiger partial charge in [-0.25, -0.2) is 8.78 Å². The summed E-state index contributed by atoms with van der Waals surface area (Å²) in [6.45, 7) is 1.61.